The summed E-state index contributed by atoms with van der Waals surface area (Å²) in [5, 5.41) is 19.9. The highest BCUT2D eigenvalue weighted by Crippen LogP contribution is 2.10. The molecule has 0 saturated carbocycles. The first-order valence-corrected chi connectivity index (χ1v) is 10.7. The molecule has 28 heavy (non-hydrogen) atoms. The van der Waals surface area contributed by atoms with E-state index in [0.717, 1.165) is 32.5 Å². The van der Waals surface area contributed by atoms with E-state index in [1.54, 1.807) is 0 Å². The van der Waals surface area contributed by atoms with E-state index in [9.17, 15) is 14.4 Å². The van der Waals surface area contributed by atoms with Crippen LogP contribution >= 0.6 is 0 Å². The van der Waals surface area contributed by atoms with Crippen molar-refractivity contribution in [3.8, 4) is 0 Å². The zero-order valence-corrected chi connectivity index (χ0v) is 18.0. The average Bonchev–Trinajstić information content (AvgIpc) is 2.64. The van der Waals surface area contributed by atoms with Gasteiger partial charge in [0.2, 0.25) is 5.91 Å². The number of carboxylic acids is 2. The molecule has 0 aromatic carbocycles. The van der Waals surface area contributed by atoms with E-state index in [-0.39, 0.29) is 18.7 Å². The Balaban J connectivity index is 0. The van der Waals surface area contributed by atoms with Crippen LogP contribution in [0.25, 0.3) is 0 Å². The van der Waals surface area contributed by atoms with Gasteiger partial charge < -0.3 is 20.3 Å². The topological polar surface area (TPSA) is 113 Å². The van der Waals surface area contributed by atoms with Gasteiger partial charge in [0.25, 0.3) is 0 Å². The quantitative estimate of drug-likeness (QED) is 0.311. The molecule has 0 aromatic heterocycles. The lowest BCUT2D eigenvalue weighted by atomic mass is 10.1. The molecule has 0 fully saturated rings. The van der Waals surface area contributed by atoms with Crippen molar-refractivity contribution in [3.05, 3.63) is 0 Å². The Kier molecular flexibility index (Phi) is 22.1. The van der Waals surface area contributed by atoms with Gasteiger partial charge in [0.1, 0.15) is 6.04 Å². The molecule has 1 unspecified atom stereocenters. The number of carbonyl (C=O) groups is 3. The normalized spacial score (nSPS) is 11.2. The lowest BCUT2D eigenvalue weighted by molar-refractivity contribution is -0.143. The molecule has 0 aliphatic carbocycles. The lowest BCUT2D eigenvalue weighted by Crippen LogP contribution is -2.41. The summed E-state index contributed by atoms with van der Waals surface area (Å²) in [5.41, 5.74) is 0. The van der Waals surface area contributed by atoms with E-state index in [0.29, 0.717) is 6.42 Å². The molecule has 0 bridgehead atoms. The highest BCUT2D eigenvalue weighted by Gasteiger charge is 2.20. The predicted octanol–water partition coefficient (Wildman–Crippen LogP) is 4.38. The maximum absolute atomic E-state index is 11.7. The van der Waals surface area contributed by atoms with E-state index in [1.165, 1.54) is 38.5 Å². The number of aliphatic carboxylic acids is 2. The number of carboxylic acid groups (broad SMARTS) is 2. The maximum atomic E-state index is 11.7. The summed E-state index contributed by atoms with van der Waals surface area (Å²) in [4.78, 5) is 33.1. The fourth-order valence-electron chi connectivity index (χ4n) is 2.59. The molecule has 1 atom stereocenters. The van der Waals surface area contributed by atoms with Crippen molar-refractivity contribution in [2.24, 2.45) is 0 Å². The lowest BCUT2D eigenvalue weighted by Gasteiger charge is -2.13. The monoisotopic (exact) mass is 403 g/mol. The number of unbranched alkanes of at least 4 members (excludes halogenated alkanes) is 8. The van der Waals surface area contributed by atoms with Crippen LogP contribution in [0.1, 0.15) is 97.8 Å². The zero-order valence-electron chi connectivity index (χ0n) is 18.0. The first kappa shape index (κ1) is 28.6. The molecule has 1 amide bonds. The Labute approximate surface area is 170 Å². The second kappa shape index (κ2) is 21.7. The maximum Gasteiger partial charge on any atom is 0.326 e. The van der Waals surface area contributed by atoms with Gasteiger partial charge in [0, 0.05) is 26.1 Å². The summed E-state index contributed by atoms with van der Waals surface area (Å²) in [6, 6.07) is -1.11. The minimum atomic E-state index is -1.19. The van der Waals surface area contributed by atoms with Crippen LogP contribution in [0.2, 0.25) is 0 Å². The predicted molar refractivity (Wildman–Crippen MR) is 110 cm³/mol. The van der Waals surface area contributed by atoms with Crippen LogP contribution in [0, 0.1) is 0 Å². The summed E-state index contributed by atoms with van der Waals surface area (Å²) in [7, 11) is 0. The van der Waals surface area contributed by atoms with Gasteiger partial charge >= 0.3 is 11.9 Å². The fourth-order valence-corrected chi connectivity index (χ4v) is 2.59. The van der Waals surface area contributed by atoms with E-state index < -0.39 is 18.0 Å². The Morgan fingerprint density at radius 3 is 1.68 bits per heavy atom. The second-order valence-electron chi connectivity index (χ2n) is 6.75. The Bertz CT molecular complexity index is 398. The highest BCUT2D eigenvalue weighted by molar-refractivity contribution is 5.83. The molecule has 0 radical (unpaired) electrons. The van der Waals surface area contributed by atoms with Crippen LogP contribution in [0.15, 0.2) is 0 Å². The van der Waals surface area contributed by atoms with E-state index in [1.807, 2.05) is 13.8 Å². The minimum absolute atomic E-state index is 0.0891. The number of amides is 1. The van der Waals surface area contributed by atoms with Crippen LogP contribution in [0.4, 0.5) is 0 Å². The molecule has 0 spiro atoms. The zero-order chi connectivity index (χ0) is 21.6. The molecule has 0 aliphatic heterocycles. The summed E-state index contributed by atoms with van der Waals surface area (Å²) in [6.45, 7) is 7.86. The Morgan fingerprint density at radius 1 is 0.786 bits per heavy atom. The van der Waals surface area contributed by atoms with Crippen LogP contribution in [-0.4, -0.2) is 47.3 Å². The largest absolute Gasteiger partial charge is 0.481 e. The standard InChI is InChI=1S/C17H31NO5.C4H10O/c1-2-3-4-5-6-7-8-9-10-11-15(19)18-14(17(22)23)12-13-16(20)21;1-3-5-4-2/h14H,2-13H2,1H3,(H,18,19)(H,20,21)(H,22,23);3-4H2,1-2H3. The third kappa shape index (κ3) is 22.4. The van der Waals surface area contributed by atoms with Gasteiger partial charge in [-0.1, -0.05) is 58.3 Å². The molecule has 0 aliphatic rings. The summed E-state index contributed by atoms with van der Waals surface area (Å²) >= 11 is 0. The average molecular weight is 404 g/mol. The smallest absolute Gasteiger partial charge is 0.326 e. The number of nitrogens with one attached hydrogen (secondary N) is 1. The SMILES string of the molecule is CCCCCCCCCCCC(=O)NC(CCC(=O)O)C(=O)O.CCOCC. The number of hydrogen-bond acceptors (Lipinski definition) is 4. The molecular formula is C21H41NO6. The Morgan fingerprint density at radius 2 is 1.29 bits per heavy atom. The van der Waals surface area contributed by atoms with E-state index in [2.05, 4.69) is 12.2 Å². The van der Waals surface area contributed by atoms with Crippen LogP contribution in [0.5, 0.6) is 0 Å². The van der Waals surface area contributed by atoms with Gasteiger partial charge in [0.15, 0.2) is 0 Å². The first-order chi connectivity index (χ1) is 13.4. The van der Waals surface area contributed by atoms with Crippen LogP contribution in [0.3, 0.4) is 0 Å². The van der Waals surface area contributed by atoms with E-state index in [4.69, 9.17) is 14.9 Å². The van der Waals surface area contributed by atoms with Crippen molar-refractivity contribution in [2.45, 2.75) is 104 Å². The second-order valence-corrected chi connectivity index (χ2v) is 6.75. The molecule has 0 rings (SSSR count). The van der Waals surface area contributed by atoms with Gasteiger partial charge in [-0.3, -0.25) is 9.59 Å². The number of hydrogen-bond donors (Lipinski definition) is 3. The molecule has 7 heteroatoms. The van der Waals surface area contributed by atoms with Gasteiger partial charge in [-0.2, -0.15) is 0 Å². The third-order valence-corrected chi connectivity index (χ3v) is 4.20. The number of ether oxygens (including phenoxy) is 1. The van der Waals surface area contributed by atoms with Crippen LogP contribution < -0.4 is 5.32 Å². The summed E-state index contributed by atoms with van der Waals surface area (Å²) in [6.07, 6.45) is 10.3. The summed E-state index contributed by atoms with van der Waals surface area (Å²) < 4.78 is 4.83. The molecule has 0 aromatic rings. The van der Waals surface area contributed by atoms with Crippen molar-refractivity contribution in [3.63, 3.8) is 0 Å². The van der Waals surface area contributed by atoms with Crippen molar-refractivity contribution in [2.75, 3.05) is 13.2 Å². The molecule has 3 N–H and O–H groups in total. The van der Waals surface area contributed by atoms with Crippen LogP contribution in [-0.2, 0) is 19.1 Å². The van der Waals surface area contributed by atoms with E-state index >= 15 is 0 Å². The Hall–Kier alpha value is -1.63. The molecule has 0 heterocycles. The number of carbonyl (C=O) groups excluding carboxylic acids is 1. The fraction of sp³-hybridized carbons (Fsp3) is 0.857. The van der Waals surface area contributed by atoms with Gasteiger partial charge in [-0.25, -0.2) is 4.79 Å². The first-order valence-electron chi connectivity index (χ1n) is 10.7. The van der Waals surface area contributed by atoms with Gasteiger partial charge in [-0.05, 0) is 26.7 Å². The highest BCUT2D eigenvalue weighted by atomic mass is 16.5. The van der Waals surface area contributed by atoms with Crippen molar-refractivity contribution >= 4 is 17.8 Å². The molecule has 0 saturated heterocycles. The van der Waals surface area contributed by atoms with Crippen molar-refractivity contribution in [1.82, 2.24) is 5.32 Å². The molecular weight excluding hydrogens is 362 g/mol. The number of rotatable bonds is 17. The third-order valence-electron chi connectivity index (χ3n) is 4.20. The minimum Gasteiger partial charge on any atom is -0.481 e. The van der Waals surface area contributed by atoms with Gasteiger partial charge in [0.05, 0.1) is 0 Å². The summed E-state index contributed by atoms with van der Waals surface area (Å²) in [5.74, 6) is -2.57. The molecule has 166 valence electrons. The van der Waals surface area contributed by atoms with Crippen molar-refractivity contribution in [1.29, 1.82) is 0 Å². The van der Waals surface area contributed by atoms with Gasteiger partial charge in [-0.15, -0.1) is 0 Å². The van der Waals surface area contributed by atoms with Crippen molar-refractivity contribution < 1.29 is 29.3 Å². The molecule has 7 nitrogen and oxygen atoms in total.